The highest BCUT2D eigenvalue weighted by molar-refractivity contribution is 7.87. The summed E-state index contributed by atoms with van der Waals surface area (Å²) >= 11 is 0. The lowest BCUT2D eigenvalue weighted by atomic mass is 10.4. The first-order chi connectivity index (χ1) is 6.98. The minimum atomic E-state index is -3.37. The third-order valence-corrected chi connectivity index (χ3v) is 2.74. The molecule has 3 N–H and O–H groups in total. The van der Waals surface area contributed by atoms with Crippen LogP contribution in [0, 0.1) is 0 Å². The molecule has 0 amide bonds. The minimum Gasteiger partial charge on any atom is -0.383 e. The molecule has 0 spiro atoms. The summed E-state index contributed by atoms with van der Waals surface area (Å²) in [6.07, 6.45) is 0. The predicted octanol–water partition coefficient (Wildman–Crippen LogP) is -0.945. The number of hydrogen-bond donors (Lipinski definition) is 3. The van der Waals surface area contributed by atoms with Crippen LogP contribution in [-0.2, 0) is 14.9 Å². The normalized spacial score (nSPS) is 12.3. The predicted molar refractivity (Wildman–Crippen MR) is 59.9 cm³/mol. The van der Waals surface area contributed by atoms with Crippen molar-refractivity contribution in [2.24, 2.45) is 0 Å². The maximum atomic E-state index is 11.2. The summed E-state index contributed by atoms with van der Waals surface area (Å²) in [5, 5.41) is 3.11. The summed E-state index contributed by atoms with van der Waals surface area (Å²) in [6.45, 7) is 5.65. The molecule has 0 aromatic carbocycles. The van der Waals surface area contributed by atoms with Crippen LogP contribution in [0.5, 0.6) is 0 Å². The Kier molecular flexibility index (Phi) is 7.89. The Morgan fingerprint density at radius 1 is 1.13 bits per heavy atom. The van der Waals surface area contributed by atoms with Crippen LogP contribution < -0.4 is 14.8 Å². The first-order valence-electron chi connectivity index (χ1n) is 4.94. The Morgan fingerprint density at radius 2 is 1.73 bits per heavy atom. The van der Waals surface area contributed by atoms with E-state index in [4.69, 9.17) is 4.74 Å². The second-order valence-corrected chi connectivity index (χ2v) is 4.98. The molecular formula is C8H21N3O3S. The lowest BCUT2D eigenvalue weighted by Gasteiger charge is -2.10. The second-order valence-electron chi connectivity index (χ2n) is 3.39. The molecule has 0 rings (SSSR count). The van der Waals surface area contributed by atoms with Crippen LogP contribution in [0.1, 0.15) is 13.8 Å². The molecule has 0 saturated carbocycles. The topological polar surface area (TPSA) is 79.5 Å². The van der Waals surface area contributed by atoms with Crippen molar-refractivity contribution >= 4 is 10.2 Å². The summed E-state index contributed by atoms with van der Waals surface area (Å²) < 4.78 is 32.0. The average Bonchev–Trinajstić information content (AvgIpc) is 2.13. The molecule has 0 aliphatic rings. The molecule has 0 unspecified atom stereocenters. The Labute approximate surface area is 92.0 Å². The summed E-state index contributed by atoms with van der Waals surface area (Å²) in [4.78, 5) is 0. The maximum Gasteiger partial charge on any atom is 0.277 e. The molecule has 92 valence electrons. The first-order valence-corrected chi connectivity index (χ1v) is 6.43. The maximum absolute atomic E-state index is 11.2. The zero-order valence-corrected chi connectivity index (χ0v) is 10.4. The monoisotopic (exact) mass is 239 g/mol. The molecule has 0 aliphatic carbocycles. The smallest absolute Gasteiger partial charge is 0.277 e. The van der Waals surface area contributed by atoms with Gasteiger partial charge in [-0.3, -0.25) is 0 Å². The molecule has 0 aromatic heterocycles. The third kappa shape index (κ3) is 10.1. The molecule has 7 heteroatoms. The van der Waals surface area contributed by atoms with E-state index >= 15 is 0 Å². The zero-order chi connectivity index (χ0) is 11.7. The van der Waals surface area contributed by atoms with Gasteiger partial charge in [0, 0.05) is 32.8 Å². The third-order valence-electron chi connectivity index (χ3n) is 1.57. The van der Waals surface area contributed by atoms with Crippen LogP contribution in [0.25, 0.3) is 0 Å². The molecule has 0 atom stereocenters. The van der Waals surface area contributed by atoms with Crippen LogP contribution >= 0.6 is 0 Å². The number of ether oxygens (including phenoxy) is 1. The number of rotatable bonds is 9. The molecule has 0 fully saturated rings. The van der Waals surface area contributed by atoms with E-state index in [0.29, 0.717) is 25.7 Å². The number of methoxy groups -OCH3 is 1. The largest absolute Gasteiger partial charge is 0.383 e. The van der Waals surface area contributed by atoms with E-state index in [-0.39, 0.29) is 6.54 Å². The lowest BCUT2D eigenvalue weighted by molar-refractivity contribution is 0.204. The van der Waals surface area contributed by atoms with Gasteiger partial charge in [-0.05, 0) is 0 Å². The van der Waals surface area contributed by atoms with Gasteiger partial charge in [-0.25, -0.2) is 4.72 Å². The van der Waals surface area contributed by atoms with Crippen molar-refractivity contribution in [3.05, 3.63) is 0 Å². The summed E-state index contributed by atoms with van der Waals surface area (Å²) in [7, 11) is -1.85. The van der Waals surface area contributed by atoms with Gasteiger partial charge in [-0.1, -0.05) is 13.8 Å². The van der Waals surface area contributed by atoms with Crippen molar-refractivity contribution in [3.8, 4) is 0 Å². The fraction of sp³-hybridized carbons (Fsp3) is 1.00. The molecular weight excluding hydrogens is 218 g/mol. The zero-order valence-electron chi connectivity index (χ0n) is 9.54. The highest BCUT2D eigenvalue weighted by Crippen LogP contribution is 1.77. The minimum absolute atomic E-state index is 0.281. The number of hydrogen-bond acceptors (Lipinski definition) is 4. The molecule has 15 heavy (non-hydrogen) atoms. The van der Waals surface area contributed by atoms with Gasteiger partial charge in [0.2, 0.25) is 0 Å². The van der Waals surface area contributed by atoms with Gasteiger partial charge in [0.25, 0.3) is 10.2 Å². The van der Waals surface area contributed by atoms with E-state index in [1.54, 1.807) is 0 Å². The molecule has 0 radical (unpaired) electrons. The lowest BCUT2D eigenvalue weighted by Crippen LogP contribution is -2.41. The summed E-state index contributed by atoms with van der Waals surface area (Å²) in [5.41, 5.74) is 0. The second kappa shape index (κ2) is 8.00. The van der Waals surface area contributed by atoms with E-state index in [0.717, 1.165) is 0 Å². The molecule has 0 aliphatic heterocycles. The van der Waals surface area contributed by atoms with Gasteiger partial charge in [-0.15, -0.1) is 0 Å². The Morgan fingerprint density at radius 3 is 2.27 bits per heavy atom. The van der Waals surface area contributed by atoms with Crippen LogP contribution in [-0.4, -0.2) is 47.8 Å². The molecule has 0 aromatic rings. The van der Waals surface area contributed by atoms with Crippen molar-refractivity contribution in [2.45, 2.75) is 19.9 Å². The fourth-order valence-electron chi connectivity index (χ4n) is 0.875. The van der Waals surface area contributed by atoms with Gasteiger partial charge in [0.15, 0.2) is 0 Å². The SMILES string of the molecule is COCCNS(=O)(=O)NCCNC(C)C. The quantitative estimate of drug-likeness (QED) is 0.454. The van der Waals surface area contributed by atoms with Gasteiger partial charge in [0.1, 0.15) is 0 Å². The Balaban J connectivity index is 3.56. The number of nitrogens with one attached hydrogen (secondary N) is 3. The first kappa shape index (κ1) is 14.8. The van der Waals surface area contributed by atoms with Crippen LogP contribution in [0.2, 0.25) is 0 Å². The van der Waals surface area contributed by atoms with Crippen molar-refractivity contribution in [1.82, 2.24) is 14.8 Å². The van der Waals surface area contributed by atoms with Crippen LogP contribution in [0.4, 0.5) is 0 Å². The van der Waals surface area contributed by atoms with Crippen molar-refractivity contribution in [1.29, 1.82) is 0 Å². The van der Waals surface area contributed by atoms with Gasteiger partial charge >= 0.3 is 0 Å². The van der Waals surface area contributed by atoms with E-state index < -0.39 is 10.2 Å². The summed E-state index contributed by atoms with van der Waals surface area (Å²) in [5.74, 6) is 0. The van der Waals surface area contributed by atoms with Crippen LogP contribution in [0.15, 0.2) is 0 Å². The molecule has 0 heterocycles. The average molecular weight is 239 g/mol. The van der Waals surface area contributed by atoms with Gasteiger partial charge in [0.05, 0.1) is 6.61 Å². The van der Waals surface area contributed by atoms with E-state index in [1.165, 1.54) is 7.11 Å². The van der Waals surface area contributed by atoms with Crippen molar-refractivity contribution < 1.29 is 13.2 Å². The van der Waals surface area contributed by atoms with Crippen molar-refractivity contribution in [2.75, 3.05) is 33.4 Å². The van der Waals surface area contributed by atoms with Gasteiger partial charge < -0.3 is 10.1 Å². The molecule has 0 bridgehead atoms. The van der Waals surface area contributed by atoms with E-state index in [2.05, 4.69) is 14.8 Å². The summed E-state index contributed by atoms with van der Waals surface area (Å²) in [6, 6.07) is 0.357. The highest BCUT2D eigenvalue weighted by atomic mass is 32.2. The van der Waals surface area contributed by atoms with E-state index in [1.807, 2.05) is 13.8 Å². The molecule has 0 saturated heterocycles. The Hall–Kier alpha value is -0.210. The van der Waals surface area contributed by atoms with Crippen LogP contribution in [0.3, 0.4) is 0 Å². The van der Waals surface area contributed by atoms with Crippen molar-refractivity contribution in [3.63, 3.8) is 0 Å². The van der Waals surface area contributed by atoms with E-state index in [9.17, 15) is 8.42 Å². The van der Waals surface area contributed by atoms with Gasteiger partial charge in [-0.2, -0.15) is 13.1 Å². The Bertz CT molecular complexity index is 242. The molecule has 6 nitrogen and oxygen atoms in total. The standard InChI is InChI=1S/C8H21N3O3S/c1-8(2)9-4-5-10-15(12,13)11-6-7-14-3/h8-11H,4-7H2,1-3H3. The highest BCUT2D eigenvalue weighted by Gasteiger charge is 2.06. The fourth-order valence-corrected chi connectivity index (χ4v) is 1.70.